The van der Waals surface area contributed by atoms with Gasteiger partial charge in [0.25, 0.3) is 0 Å². The standard InChI is InChI=1S/C7H10F3N3O/c1-13-3-2-6(12-13)11-4-5(14)7(8,9)10/h2-3,5,14H,4H2,1H3,(H,11,12). The van der Waals surface area contributed by atoms with E-state index in [1.807, 2.05) is 0 Å². The third kappa shape index (κ3) is 2.91. The number of halogens is 3. The van der Waals surface area contributed by atoms with Crippen LogP contribution in [0.1, 0.15) is 0 Å². The van der Waals surface area contributed by atoms with Crippen LogP contribution < -0.4 is 5.32 Å². The van der Waals surface area contributed by atoms with Gasteiger partial charge in [-0.25, -0.2) is 0 Å². The number of aryl methyl sites for hydroxylation is 1. The van der Waals surface area contributed by atoms with Crippen LogP contribution in [-0.4, -0.2) is 33.7 Å². The first-order chi connectivity index (χ1) is 6.39. The van der Waals surface area contributed by atoms with E-state index < -0.39 is 18.8 Å². The Morgan fingerprint density at radius 2 is 2.29 bits per heavy atom. The molecule has 0 spiro atoms. The lowest BCUT2D eigenvalue weighted by molar-refractivity contribution is -0.198. The van der Waals surface area contributed by atoms with E-state index in [1.165, 1.54) is 10.7 Å². The van der Waals surface area contributed by atoms with Crippen molar-refractivity contribution in [1.29, 1.82) is 0 Å². The number of aromatic nitrogens is 2. The maximum atomic E-state index is 11.8. The monoisotopic (exact) mass is 209 g/mol. The summed E-state index contributed by atoms with van der Waals surface area (Å²) in [6, 6.07) is 1.52. The Bertz CT molecular complexity index is 297. The average Bonchev–Trinajstić information content (AvgIpc) is 2.45. The van der Waals surface area contributed by atoms with Crippen molar-refractivity contribution in [2.75, 3.05) is 11.9 Å². The molecule has 1 unspecified atom stereocenters. The van der Waals surface area contributed by atoms with Crippen LogP contribution in [-0.2, 0) is 7.05 Å². The second-order valence-corrected chi connectivity index (χ2v) is 2.81. The first-order valence-corrected chi connectivity index (χ1v) is 3.88. The van der Waals surface area contributed by atoms with Gasteiger partial charge in [-0.2, -0.15) is 18.3 Å². The number of aliphatic hydroxyl groups is 1. The highest BCUT2D eigenvalue weighted by Gasteiger charge is 2.37. The van der Waals surface area contributed by atoms with Crippen molar-refractivity contribution >= 4 is 5.82 Å². The lowest BCUT2D eigenvalue weighted by Gasteiger charge is -2.14. The SMILES string of the molecule is Cn1ccc(NCC(O)C(F)(F)F)n1. The molecule has 0 radical (unpaired) electrons. The van der Waals surface area contributed by atoms with E-state index >= 15 is 0 Å². The van der Waals surface area contributed by atoms with Gasteiger partial charge in [0.05, 0.1) is 6.54 Å². The summed E-state index contributed by atoms with van der Waals surface area (Å²) in [6.45, 7) is -0.597. The molecule has 0 fully saturated rings. The average molecular weight is 209 g/mol. The quantitative estimate of drug-likeness (QED) is 0.772. The highest BCUT2D eigenvalue weighted by atomic mass is 19.4. The predicted octanol–water partition coefficient (Wildman–Crippen LogP) is 0.755. The first-order valence-electron chi connectivity index (χ1n) is 3.88. The van der Waals surface area contributed by atoms with Gasteiger partial charge < -0.3 is 10.4 Å². The number of hydrogen-bond acceptors (Lipinski definition) is 3. The summed E-state index contributed by atoms with van der Waals surface area (Å²) in [5.41, 5.74) is 0. The fourth-order valence-corrected chi connectivity index (χ4v) is 0.826. The Morgan fingerprint density at radius 3 is 2.71 bits per heavy atom. The van der Waals surface area contributed by atoms with Crippen LogP contribution in [0.25, 0.3) is 0 Å². The highest BCUT2D eigenvalue weighted by Crippen LogP contribution is 2.20. The molecule has 14 heavy (non-hydrogen) atoms. The van der Waals surface area contributed by atoms with Gasteiger partial charge in [0, 0.05) is 19.3 Å². The number of aliphatic hydroxyl groups excluding tert-OH is 1. The van der Waals surface area contributed by atoms with Crippen molar-refractivity contribution in [2.45, 2.75) is 12.3 Å². The fraction of sp³-hybridized carbons (Fsp3) is 0.571. The van der Waals surface area contributed by atoms with Crippen LogP contribution in [0.5, 0.6) is 0 Å². The smallest absolute Gasteiger partial charge is 0.382 e. The minimum Gasteiger partial charge on any atom is -0.382 e. The van der Waals surface area contributed by atoms with Crippen LogP contribution in [0.3, 0.4) is 0 Å². The summed E-state index contributed by atoms with van der Waals surface area (Å²) in [4.78, 5) is 0. The van der Waals surface area contributed by atoms with E-state index in [0.717, 1.165) is 0 Å². The van der Waals surface area contributed by atoms with Gasteiger partial charge in [-0.3, -0.25) is 4.68 Å². The van der Waals surface area contributed by atoms with Crippen LogP contribution >= 0.6 is 0 Å². The Hall–Kier alpha value is -1.24. The van der Waals surface area contributed by atoms with E-state index in [1.54, 1.807) is 13.2 Å². The second-order valence-electron chi connectivity index (χ2n) is 2.81. The molecule has 7 heteroatoms. The molecule has 1 atom stereocenters. The van der Waals surface area contributed by atoms with Gasteiger partial charge in [-0.15, -0.1) is 0 Å². The third-order valence-corrected chi connectivity index (χ3v) is 1.57. The van der Waals surface area contributed by atoms with Crippen LogP contribution in [0, 0.1) is 0 Å². The molecule has 1 heterocycles. The maximum Gasteiger partial charge on any atom is 0.416 e. The topological polar surface area (TPSA) is 50.1 Å². The van der Waals surface area contributed by atoms with Gasteiger partial charge in [0.2, 0.25) is 0 Å². The molecule has 80 valence electrons. The van der Waals surface area contributed by atoms with Crippen molar-refractivity contribution in [3.05, 3.63) is 12.3 Å². The second kappa shape index (κ2) is 3.87. The van der Waals surface area contributed by atoms with Crippen molar-refractivity contribution < 1.29 is 18.3 Å². The lowest BCUT2D eigenvalue weighted by atomic mass is 10.3. The molecule has 4 nitrogen and oxygen atoms in total. The van der Waals surface area contributed by atoms with Crippen molar-refractivity contribution in [1.82, 2.24) is 9.78 Å². The normalized spacial score (nSPS) is 14.1. The molecule has 0 aromatic carbocycles. The van der Waals surface area contributed by atoms with Gasteiger partial charge in [0.15, 0.2) is 6.10 Å². The predicted molar refractivity (Wildman–Crippen MR) is 43.8 cm³/mol. The highest BCUT2D eigenvalue weighted by molar-refractivity contribution is 5.32. The molecule has 0 saturated heterocycles. The van der Waals surface area contributed by atoms with E-state index in [-0.39, 0.29) is 0 Å². The molecule has 1 rings (SSSR count). The molecule has 2 N–H and O–H groups in total. The summed E-state index contributed by atoms with van der Waals surface area (Å²) in [5, 5.41) is 14.8. The summed E-state index contributed by atoms with van der Waals surface area (Å²) >= 11 is 0. The molecule has 0 saturated carbocycles. The number of hydrogen-bond donors (Lipinski definition) is 2. The molecule has 0 aliphatic heterocycles. The fourth-order valence-electron chi connectivity index (χ4n) is 0.826. The van der Waals surface area contributed by atoms with Crippen molar-refractivity contribution in [3.8, 4) is 0 Å². The van der Waals surface area contributed by atoms with Crippen LogP contribution in [0.15, 0.2) is 12.3 Å². The largest absolute Gasteiger partial charge is 0.416 e. The van der Waals surface area contributed by atoms with E-state index in [9.17, 15) is 13.2 Å². The van der Waals surface area contributed by atoms with E-state index in [0.29, 0.717) is 5.82 Å². The molecule has 0 bridgehead atoms. The number of alkyl halides is 3. The summed E-state index contributed by atoms with van der Waals surface area (Å²) in [7, 11) is 1.64. The third-order valence-electron chi connectivity index (χ3n) is 1.57. The zero-order valence-corrected chi connectivity index (χ0v) is 7.41. The lowest BCUT2D eigenvalue weighted by Crippen LogP contribution is -2.35. The molecule has 0 aliphatic carbocycles. The minimum atomic E-state index is -4.60. The summed E-state index contributed by atoms with van der Waals surface area (Å²) in [6.07, 6.45) is -5.38. The molecule has 0 aliphatic rings. The minimum absolute atomic E-state index is 0.302. The zero-order chi connectivity index (χ0) is 10.8. The van der Waals surface area contributed by atoms with Crippen LogP contribution in [0.4, 0.5) is 19.0 Å². The number of nitrogens with one attached hydrogen (secondary N) is 1. The molecule has 0 amide bonds. The molecular weight excluding hydrogens is 199 g/mol. The number of anilines is 1. The van der Waals surface area contributed by atoms with Gasteiger partial charge in [-0.05, 0) is 0 Å². The first kappa shape index (κ1) is 10.8. The number of rotatable bonds is 3. The van der Waals surface area contributed by atoms with E-state index in [4.69, 9.17) is 5.11 Å². The molecule has 1 aromatic heterocycles. The summed E-state index contributed by atoms with van der Waals surface area (Å²) in [5.74, 6) is 0.302. The Balaban J connectivity index is 2.41. The Kier molecular flexibility index (Phi) is 3.00. The van der Waals surface area contributed by atoms with Crippen LogP contribution in [0.2, 0.25) is 0 Å². The Labute approximate surface area is 78.3 Å². The summed E-state index contributed by atoms with van der Waals surface area (Å²) < 4.78 is 37.0. The van der Waals surface area contributed by atoms with Crippen molar-refractivity contribution in [3.63, 3.8) is 0 Å². The van der Waals surface area contributed by atoms with E-state index in [2.05, 4.69) is 10.4 Å². The molecule has 1 aromatic rings. The van der Waals surface area contributed by atoms with Gasteiger partial charge in [0.1, 0.15) is 5.82 Å². The maximum absolute atomic E-state index is 11.8. The zero-order valence-electron chi connectivity index (χ0n) is 7.41. The van der Waals surface area contributed by atoms with Crippen molar-refractivity contribution in [2.24, 2.45) is 7.05 Å². The number of nitrogens with zero attached hydrogens (tertiary/aromatic N) is 2. The van der Waals surface area contributed by atoms with Gasteiger partial charge >= 0.3 is 6.18 Å². The van der Waals surface area contributed by atoms with Gasteiger partial charge in [-0.1, -0.05) is 0 Å². The molecular formula is C7H10F3N3O. The Morgan fingerprint density at radius 1 is 1.64 bits per heavy atom.